The van der Waals surface area contributed by atoms with Gasteiger partial charge in [-0.2, -0.15) is 5.26 Å². The van der Waals surface area contributed by atoms with Gasteiger partial charge in [0.25, 0.3) is 11.2 Å². The van der Waals surface area contributed by atoms with Gasteiger partial charge in [-0.05, 0) is 11.6 Å². The number of halogens is 1. The van der Waals surface area contributed by atoms with Crippen LogP contribution in [0.2, 0.25) is 5.02 Å². The van der Waals surface area contributed by atoms with Crippen LogP contribution >= 0.6 is 11.6 Å². The number of hydrogen-bond donors (Lipinski definition) is 3. The zero-order valence-corrected chi connectivity index (χ0v) is 13.0. The Bertz CT molecular complexity index is 1090. The van der Waals surface area contributed by atoms with Crippen molar-refractivity contribution in [2.45, 2.75) is 5.92 Å². The Morgan fingerprint density at radius 3 is 2.72 bits per heavy atom. The van der Waals surface area contributed by atoms with Crippen molar-refractivity contribution < 1.29 is 9.66 Å². The molecule has 0 saturated carbocycles. The number of non-ortho nitro benzene ring substituents is 1. The maximum absolute atomic E-state index is 12.3. The van der Waals surface area contributed by atoms with Crippen molar-refractivity contribution in [3.63, 3.8) is 0 Å². The Hall–Kier alpha value is -3.58. The number of H-pyrrole nitrogens is 2. The number of nitrogens with zero attached hydrogens (tertiary/aromatic N) is 2. The van der Waals surface area contributed by atoms with E-state index in [0.29, 0.717) is 0 Å². The second-order valence-electron chi connectivity index (χ2n) is 5.04. The van der Waals surface area contributed by atoms with Gasteiger partial charge in [0.1, 0.15) is 11.6 Å². The van der Waals surface area contributed by atoms with E-state index < -0.39 is 22.1 Å². The van der Waals surface area contributed by atoms with Crippen LogP contribution in [0.4, 0.5) is 5.69 Å². The molecule has 25 heavy (non-hydrogen) atoms. The maximum Gasteiger partial charge on any atom is 0.328 e. The molecule has 2 aromatic rings. The van der Waals surface area contributed by atoms with Gasteiger partial charge in [-0.15, -0.1) is 0 Å². The number of ether oxygens (including phenoxy) is 1. The van der Waals surface area contributed by atoms with E-state index in [2.05, 4.69) is 4.98 Å². The number of nitriles is 1. The number of nitro groups is 1. The number of aromatic nitrogens is 2. The molecule has 0 radical (unpaired) electrons. The van der Waals surface area contributed by atoms with E-state index in [-0.39, 0.29) is 39.2 Å². The molecule has 1 aliphatic heterocycles. The molecule has 1 aliphatic rings. The van der Waals surface area contributed by atoms with Gasteiger partial charge in [0, 0.05) is 17.2 Å². The summed E-state index contributed by atoms with van der Waals surface area (Å²) in [4.78, 5) is 38.4. The van der Waals surface area contributed by atoms with Crippen LogP contribution in [0.25, 0.3) is 0 Å². The van der Waals surface area contributed by atoms with E-state index in [9.17, 15) is 25.0 Å². The third-order valence-electron chi connectivity index (χ3n) is 3.62. The smallest absolute Gasteiger partial charge is 0.328 e. The van der Waals surface area contributed by atoms with Crippen LogP contribution < -0.4 is 21.7 Å². The van der Waals surface area contributed by atoms with Crippen molar-refractivity contribution >= 4 is 17.3 Å². The largest absolute Gasteiger partial charge is 0.424 e. The summed E-state index contributed by atoms with van der Waals surface area (Å²) in [7, 11) is 0. The molecule has 0 unspecified atom stereocenters. The first-order valence-electron chi connectivity index (χ1n) is 6.71. The summed E-state index contributed by atoms with van der Waals surface area (Å²) >= 11 is 6.13. The van der Waals surface area contributed by atoms with E-state index in [1.807, 2.05) is 11.1 Å². The summed E-state index contributed by atoms with van der Waals surface area (Å²) < 4.78 is 5.15. The fraction of sp³-hybridized carbons (Fsp3) is 0.0714. The van der Waals surface area contributed by atoms with Crippen molar-refractivity contribution in [1.29, 1.82) is 5.26 Å². The van der Waals surface area contributed by atoms with Crippen LogP contribution in [0, 0.1) is 21.4 Å². The first-order chi connectivity index (χ1) is 11.8. The minimum absolute atomic E-state index is 0.0783. The molecule has 2 heterocycles. The predicted molar refractivity (Wildman–Crippen MR) is 85.1 cm³/mol. The molecule has 0 spiro atoms. The molecule has 0 fully saturated rings. The quantitative estimate of drug-likeness (QED) is 0.525. The molecular weight excluding hydrogens is 354 g/mol. The normalized spacial score (nSPS) is 15.9. The maximum atomic E-state index is 12.3. The van der Waals surface area contributed by atoms with Gasteiger partial charge in [-0.25, -0.2) is 4.79 Å². The molecule has 10 nitrogen and oxygen atoms in total. The average Bonchev–Trinajstić information content (AvgIpc) is 2.53. The molecule has 0 amide bonds. The minimum Gasteiger partial charge on any atom is -0.424 e. The summed E-state index contributed by atoms with van der Waals surface area (Å²) in [6.07, 6.45) is 0. The fourth-order valence-electron chi connectivity index (χ4n) is 2.57. The lowest BCUT2D eigenvalue weighted by atomic mass is 9.85. The van der Waals surface area contributed by atoms with Gasteiger partial charge in [-0.3, -0.25) is 24.9 Å². The van der Waals surface area contributed by atoms with Crippen LogP contribution in [0.1, 0.15) is 17.0 Å². The third-order valence-corrected chi connectivity index (χ3v) is 3.96. The predicted octanol–water partition coefficient (Wildman–Crippen LogP) is 0.843. The first kappa shape index (κ1) is 16.3. The van der Waals surface area contributed by atoms with Crippen molar-refractivity contribution in [1.82, 2.24) is 9.97 Å². The monoisotopic (exact) mass is 361 g/mol. The molecule has 1 aromatic heterocycles. The van der Waals surface area contributed by atoms with Crippen molar-refractivity contribution in [2.24, 2.45) is 5.73 Å². The minimum atomic E-state index is -1.14. The molecule has 1 atom stereocenters. The molecule has 11 heteroatoms. The Labute approximate surface area is 143 Å². The highest BCUT2D eigenvalue weighted by Gasteiger charge is 2.36. The van der Waals surface area contributed by atoms with E-state index in [4.69, 9.17) is 22.1 Å². The van der Waals surface area contributed by atoms with Gasteiger partial charge in [0.05, 0.1) is 16.4 Å². The van der Waals surface area contributed by atoms with Gasteiger partial charge >= 0.3 is 5.69 Å². The molecule has 0 saturated heterocycles. The van der Waals surface area contributed by atoms with Crippen LogP contribution in [-0.4, -0.2) is 14.9 Å². The first-order valence-corrected chi connectivity index (χ1v) is 7.09. The zero-order valence-electron chi connectivity index (χ0n) is 12.2. The van der Waals surface area contributed by atoms with Crippen LogP contribution in [0.5, 0.6) is 5.88 Å². The Kier molecular flexibility index (Phi) is 3.78. The lowest BCUT2D eigenvalue weighted by Crippen LogP contribution is -2.33. The molecule has 0 bridgehead atoms. The van der Waals surface area contributed by atoms with E-state index in [1.165, 1.54) is 12.1 Å². The highest BCUT2D eigenvalue weighted by Crippen LogP contribution is 2.42. The Balaban J connectivity index is 2.37. The van der Waals surface area contributed by atoms with Gasteiger partial charge < -0.3 is 10.5 Å². The van der Waals surface area contributed by atoms with Crippen LogP contribution in [-0.2, 0) is 0 Å². The number of aromatic amines is 2. The molecule has 1 aromatic carbocycles. The Morgan fingerprint density at radius 2 is 2.08 bits per heavy atom. The summed E-state index contributed by atoms with van der Waals surface area (Å²) in [5, 5.41) is 20.5. The topological polar surface area (TPSA) is 168 Å². The molecule has 0 aliphatic carbocycles. The fourth-order valence-corrected chi connectivity index (χ4v) is 2.79. The molecule has 4 N–H and O–H groups in total. The standard InChI is InChI=1S/C14H8ClN5O5/c15-8-2-1-5(20(23)24)3-6(8)9-7(4-16)11(17)25-13-10(9)12(21)18-14(22)19-13/h1-3,9H,17H2,(H2,18,19,21,22)/t9-/m0/s1. The van der Waals surface area contributed by atoms with Crippen molar-refractivity contribution in [2.75, 3.05) is 0 Å². The average molecular weight is 362 g/mol. The third kappa shape index (κ3) is 2.62. The van der Waals surface area contributed by atoms with Gasteiger partial charge in [0.15, 0.2) is 0 Å². The molecule has 3 rings (SSSR count). The summed E-state index contributed by atoms with van der Waals surface area (Å²) in [5.41, 5.74) is 3.57. The number of rotatable bonds is 2. The summed E-state index contributed by atoms with van der Waals surface area (Å²) in [6, 6.07) is 5.41. The lowest BCUT2D eigenvalue weighted by molar-refractivity contribution is -0.384. The number of nitro benzene ring substituents is 1. The highest BCUT2D eigenvalue weighted by atomic mass is 35.5. The summed E-state index contributed by atoms with van der Waals surface area (Å²) in [6.45, 7) is 0. The number of benzene rings is 1. The Morgan fingerprint density at radius 1 is 1.36 bits per heavy atom. The number of nitrogens with one attached hydrogen (secondary N) is 2. The number of hydrogen-bond acceptors (Lipinski definition) is 7. The van der Waals surface area contributed by atoms with Crippen LogP contribution in [0.15, 0.2) is 39.2 Å². The van der Waals surface area contributed by atoms with E-state index in [1.54, 1.807) is 0 Å². The SMILES string of the molecule is N#CC1=C(N)Oc2[nH]c(=O)[nH]c(=O)c2[C@H]1c1cc([N+](=O)[O-])ccc1Cl. The van der Waals surface area contributed by atoms with Gasteiger partial charge in [-0.1, -0.05) is 11.6 Å². The van der Waals surface area contributed by atoms with E-state index >= 15 is 0 Å². The van der Waals surface area contributed by atoms with Crippen LogP contribution in [0.3, 0.4) is 0 Å². The highest BCUT2D eigenvalue weighted by molar-refractivity contribution is 6.31. The zero-order chi connectivity index (χ0) is 18.3. The second-order valence-corrected chi connectivity index (χ2v) is 5.45. The number of fused-ring (bicyclic) bond motifs is 1. The number of allylic oxidation sites excluding steroid dienone is 1. The van der Waals surface area contributed by atoms with E-state index in [0.717, 1.165) is 6.07 Å². The van der Waals surface area contributed by atoms with Crippen molar-refractivity contribution in [3.05, 3.63) is 76.8 Å². The second kappa shape index (κ2) is 5.81. The van der Waals surface area contributed by atoms with Crippen molar-refractivity contribution in [3.8, 4) is 11.9 Å². The molecular formula is C14H8ClN5O5. The summed E-state index contributed by atoms with van der Waals surface area (Å²) in [5.74, 6) is -1.73. The number of nitrogens with two attached hydrogens (primary N) is 1. The van der Waals surface area contributed by atoms with Gasteiger partial charge in [0.2, 0.25) is 11.8 Å². The lowest BCUT2D eigenvalue weighted by Gasteiger charge is -2.25. The molecule has 126 valence electrons.